The lowest BCUT2D eigenvalue weighted by Gasteiger charge is -2.24. The summed E-state index contributed by atoms with van der Waals surface area (Å²) in [6.45, 7) is 18.0. The van der Waals surface area contributed by atoms with Gasteiger partial charge in [-0.2, -0.15) is 0 Å². The number of amides is 1. The summed E-state index contributed by atoms with van der Waals surface area (Å²) in [4.78, 5) is 24.8. The highest BCUT2D eigenvalue weighted by Gasteiger charge is 2.19. The second-order valence-electron chi connectivity index (χ2n) is 10.8. The topological polar surface area (TPSA) is 130 Å². The van der Waals surface area contributed by atoms with Crippen LogP contribution in [0.2, 0.25) is 0 Å². The van der Waals surface area contributed by atoms with E-state index >= 15 is 0 Å². The summed E-state index contributed by atoms with van der Waals surface area (Å²) in [6.07, 6.45) is -0.368. The summed E-state index contributed by atoms with van der Waals surface area (Å²) in [7, 11) is 1.68. The van der Waals surface area contributed by atoms with E-state index in [1.165, 1.54) is 4.90 Å². The first kappa shape index (κ1) is 39.4. The fourth-order valence-electron chi connectivity index (χ4n) is 2.70. The number of esters is 1. The van der Waals surface area contributed by atoms with Crippen molar-refractivity contribution in [3.05, 3.63) is 0 Å². The SMILES string of the molecule is CN(CCOCCOCCOCCOCCOCCOCCOCCOCC(=O)OC(C)(C)C)C(=O)OC(C)(C)C. The quantitative estimate of drug-likeness (QED) is 0.107. The Hall–Kier alpha value is -1.58. The van der Waals surface area contributed by atoms with Crippen LogP contribution in [0.15, 0.2) is 0 Å². The van der Waals surface area contributed by atoms with Crippen LogP contribution in [0.1, 0.15) is 41.5 Å². The molecule has 0 atom stereocenters. The molecule has 0 aliphatic heterocycles. The maximum atomic E-state index is 11.8. The first-order chi connectivity index (χ1) is 19.4. The van der Waals surface area contributed by atoms with Gasteiger partial charge in [0.25, 0.3) is 0 Å². The summed E-state index contributed by atoms with van der Waals surface area (Å²) in [5.41, 5.74) is -1.02. The van der Waals surface area contributed by atoms with Crippen molar-refractivity contribution in [3.8, 4) is 0 Å². The second kappa shape index (κ2) is 25.0. The molecule has 0 rings (SSSR count). The molecule has 0 fully saturated rings. The predicted octanol–water partition coefficient (Wildman–Crippen LogP) is 2.33. The highest BCUT2D eigenvalue weighted by Crippen LogP contribution is 2.09. The standard InChI is InChI=1S/C28H55NO12/c1-27(2,3)40-25(30)24-39-23-22-38-21-20-37-19-18-36-17-16-35-15-14-34-13-12-33-11-10-32-9-8-29(7)26(31)41-28(4,5)6/h8-24H2,1-7H3. The second-order valence-corrected chi connectivity index (χ2v) is 10.8. The number of ether oxygens (including phenoxy) is 10. The van der Waals surface area contributed by atoms with Gasteiger partial charge in [-0.15, -0.1) is 0 Å². The van der Waals surface area contributed by atoms with Gasteiger partial charge in [0.1, 0.15) is 17.8 Å². The third-order valence-electron chi connectivity index (χ3n) is 4.52. The molecule has 0 aliphatic rings. The zero-order valence-corrected chi connectivity index (χ0v) is 26.4. The number of likely N-dealkylation sites (N-methyl/N-ethyl adjacent to an activating group) is 1. The van der Waals surface area contributed by atoms with E-state index < -0.39 is 11.2 Å². The number of hydrogen-bond donors (Lipinski definition) is 0. The molecule has 0 radical (unpaired) electrons. The highest BCUT2D eigenvalue weighted by molar-refractivity contribution is 5.71. The molecule has 0 spiro atoms. The lowest BCUT2D eigenvalue weighted by molar-refractivity contribution is -0.160. The molecule has 0 saturated carbocycles. The van der Waals surface area contributed by atoms with E-state index in [0.29, 0.717) is 106 Å². The van der Waals surface area contributed by atoms with Crippen LogP contribution < -0.4 is 0 Å². The van der Waals surface area contributed by atoms with Crippen molar-refractivity contribution in [3.63, 3.8) is 0 Å². The van der Waals surface area contributed by atoms with Crippen LogP contribution in [0, 0.1) is 0 Å². The van der Waals surface area contributed by atoms with Crippen molar-refractivity contribution in [2.75, 3.05) is 119 Å². The Morgan fingerprint density at radius 1 is 0.463 bits per heavy atom. The predicted molar refractivity (Wildman–Crippen MR) is 151 cm³/mol. The van der Waals surface area contributed by atoms with Crippen LogP contribution in [-0.2, 0) is 52.2 Å². The van der Waals surface area contributed by atoms with Gasteiger partial charge in [0, 0.05) is 13.6 Å². The molecular formula is C28H55NO12. The van der Waals surface area contributed by atoms with Gasteiger partial charge < -0.3 is 52.3 Å². The Morgan fingerprint density at radius 2 is 0.756 bits per heavy atom. The van der Waals surface area contributed by atoms with Gasteiger partial charge in [-0.3, -0.25) is 0 Å². The molecule has 0 saturated heterocycles. The largest absolute Gasteiger partial charge is 0.458 e. The zero-order valence-electron chi connectivity index (χ0n) is 26.4. The first-order valence-corrected chi connectivity index (χ1v) is 14.2. The van der Waals surface area contributed by atoms with Gasteiger partial charge in [0.15, 0.2) is 0 Å². The van der Waals surface area contributed by atoms with Gasteiger partial charge in [-0.1, -0.05) is 0 Å². The van der Waals surface area contributed by atoms with Gasteiger partial charge in [-0.05, 0) is 41.5 Å². The van der Waals surface area contributed by atoms with E-state index in [1.807, 2.05) is 41.5 Å². The van der Waals surface area contributed by atoms with Crippen molar-refractivity contribution in [2.45, 2.75) is 52.7 Å². The number of carbonyl (C=O) groups excluding carboxylic acids is 2. The highest BCUT2D eigenvalue weighted by atomic mass is 16.6. The van der Waals surface area contributed by atoms with E-state index in [4.69, 9.17) is 47.4 Å². The van der Waals surface area contributed by atoms with Crippen molar-refractivity contribution >= 4 is 12.1 Å². The van der Waals surface area contributed by atoms with E-state index in [0.717, 1.165) is 0 Å². The normalized spacial score (nSPS) is 12.0. The summed E-state index contributed by atoms with van der Waals surface area (Å²) in [5, 5.41) is 0. The third-order valence-corrected chi connectivity index (χ3v) is 4.52. The summed E-state index contributed by atoms with van der Waals surface area (Å²) < 4.78 is 53.7. The van der Waals surface area contributed by atoms with Gasteiger partial charge >= 0.3 is 12.1 Å². The minimum absolute atomic E-state index is 0.0856. The summed E-state index contributed by atoms with van der Waals surface area (Å²) in [5.74, 6) is -0.389. The number of rotatable bonds is 26. The molecule has 0 aromatic rings. The molecule has 0 heterocycles. The Kier molecular flexibility index (Phi) is 24.0. The molecular weight excluding hydrogens is 542 g/mol. The molecule has 13 nitrogen and oxygen atoms in total. The third kappa shape index (κ3) is 31.2. The molecule has 0 aromatic heterocycles. The van der Waals surface area contributed by atoms with E-state index in [-0.39, 0.29) is 18.7 Å². The summed E-state index contributed by atoms with van der Waals surface area (Å²) in [6, 6.07) is 0. The van der Waals surface area contributed by atoms with Crippen molar-refractivity contribution in [1.29, 1.82) is 0 Å². The molecule has 0 N–H and O–H groups in total. The molecule has 0 unspecified atom stereocenters. The van der Waals surface area contributed by atoms with Crippen LogP contribution in [0.25, 0.3) is 0 Å². The Balaban J connectivity index is 3.23. The lowest BCUT2D eigenvalue weighted by atomic mass is 10.2. The fourth-order valence-corrected chi connectivity index (χ4v) is 2.70. The minimum Gasteiger partial charge on any atom is -0.458 e. The van der Waals surface area contributed by atoms with Crippen molar-refractivity contribution in [1.82, 2.24) is 4.90 Å². The summed E-state index contributed by atoms with van der Waals surface area (Å²) >= 11 is 0. The zero-order chi connectivity index (χ0) is 30.8. The first-order valence-electron chi connectivity index (χ1n) is 14.2. The number of carbonyl (C=O) groups is 2. The number of nitrogens with zero attached hydrogens (tertiary/aromatic N) is 1. The average Bonchev–Trinajstić information content (AvgIpc) is 2.86. The van der Waals surface area contributed by atoms with Crippen LogP contribution >= 0.6 is 0 Å². The Morgan fingerprint density at radius 3 is 1.07 bits per heavy atom. The molecule has 0 aliphatic carbocycles. The smallest absolute Gasteiger partial charge is 0.410 e. The molecule has 0 aromatic carbocycles. The Labute approximate surface area is 246 Å². The molecule has 41 heavy (non-hydrogen) atoms. The van der Waals surface area contributed by atoms with Crippen molar-refractivity contribution in [2.24, 2.45) is 0 Å². The minimum atomic E-state index is -0.512. The van der Waals surface area contributed by atoms with E-state index in [9.17, 15) is 9.59 Å². The fraction of sp³-hybridized carbons (Fsp3) is 0.929. The van der Waals surface area contributed by atoms with Gasteiger partial charge in [-0.25, -0.2) is 9.59 Å². The average molecular weight is 598 g/mol. The van der Waals surface area contributed by atoms with E-state index in [2.05, 4.69) is 0 Å². The maximum absolute atomic E-state index is 11.8. The van der Waals surface area contributed by atoms with E-state index in [1.54, 1.807) is 7.05 Å². The molecule has 13 heteroatoms. The van der Waals surface area contributed by atoms with Gasteiger partial charge in [0.05, 0.1) is 99.1 Å². The van der Waals surface area contributed by atoms with Crippen molar-refractivity contribution < 1.29 is 57.0 Å². The lowest BCUT2D eigenvalue weighted by Crippen LogP contribution is -2.36. The van der Waals surface area contributed by atoms with Gasteiger partial charge in [0.2, 0.25) is 0 Å². The van der Waals surface area contributed by atoms with Crippen LogP contribution in [-0.4, -0.2) is 147 Å². The van der Waals surface area contributed by atoms with Crippen LogP contribution in [0.5, 0.6) is 0 Å². The maximum Gasteiger partial charge on any atom is 0.410 e. The monoisotopic (exact) mass is 597 g/mol. The van der Waals surface area contributed by atoms with Crippen LogP contribution in [0.4, 0.5) is 4.79 Å². The molecule has 244 valence electrons. The van der Waals surface area contributed by atoms with Crippen LogP contribution in [0.3, 0.4) is 0 Å². The molecule has 0 bridgehead atoms. The number of hydrogen-bond acceptors (Lipinski definition) is 12. The Bertz CT molecular complexity index is 637. The molecule has 1 amide bonds.